The number of amides is 1. The van der Waals surface area contributed by atoms with Crippen molar-refractivity contribution in [3.05, 3.63) is 29.8 Å². The molecular formula is C10H10N2O3. The molecule has 5 heteroatoms. The van der Waals surface area contributed by atoms with Gasteiger partial charge in [-0.2, -0.15) is 5.10 Å². The number of ether oxygens (including phenoxy) is 1. The molecule has 1 heterocycles. The van der Waals surface area contributed by atoms with E-state index in [0.29, 0.717) is 5.71 Å². The third kappa shape index (κ3) is 1.90. The quantitative estimate of drug-likeness (QED) is 0.725. The first kappa shape index (κ1) is 9.51. The van der Waals surface area contributed by atoms with Crippen LogP contribution in [0, 0.1) is 0 Å². The van der Waals surface area contributed by atoms with E-state index >= 15 is 0 Å². The van der Waals surface area contributed by atoms with Gasteiger partial charge in [0.2, 0.25) is 0 Å². The maximum Gasteiger partial charge on any atom is 0.428 e. The summed E-state index contributed by atoms with van der Waals surface area (Å²) in [5.74, 6) is 0.152. The van der Waals surface area contributed by atoms with Crippen LogP contribution in [0.1, 0.15) is 12.5 Å². The minimum Gasteiger partial charge on any atom is -0.508 e. The van der Waals surface area contributed by atoms with E-state index in [4.69, 9.17) is 4.74 Å². The minimum atomic E-state index is -0.564. The van der Waals surface area contributed by atoms with Crippen LogP contribution in [0.5, 0.6) is 5.75 Å². The summed E-state index contributed by atoms with van der Waals surface area (Å²) >= 11 is 0. The molecule has 5 nitrogen and oxygen atoms in total. The van der Waals surface area contributed by atoms with Gasteiger partial charge in [0.25, 0.3) is 0 Å². The second-order valence-corrected chi connectivity index (χ2v) is 3.21. The molecule has 1 aliphatic rings. The smallest absolute Gasteiger partial charge is 0.428 e. The number of hydrogen-bond donors (Lipinski definition) is 2. The number of hydrazone groups is 1. The lowest BCUT2D eigenvalue weighted by Crippen LogP contribution is -2.37. The highest BCUT2D eigenvalue weighted by Gasteiger charge is 2.22. The van der Waals surface area contributed by atoms with Gasteiger partial charge < -0.3 is 9.84 Å². The van der Waals surface area contributed by atoms with E-state index in [9.17, 15) is 9.90 Å². The van der Waals surface area contributed by atoms with Crippen molar-refractivity contribution in [2.75, 3.05) is 0 Å². The van der Waals surface area contributed by atoms with Crippen molar-refractivity contribution in [1.29, 1.82) is 0 Å². The molecule has 0 spiro atoms. The zero-order valence-electron chi connectivity index (χ0n) is 8.10. The van der Waals surface area contributed by atoms with Crippen molar-refractivity contribution < 1.29 is 14.6 Å². The molecule has 2 rings (SSSR count). The van der Waals surface area contributed by atoms with E-state index in [1.807, 2.05) is 0 Å². The summed E-state index contributed by atoms with van der Waals surface area (Å²) in [4.78, 5) is 10.8. The Hall–Kier alpha value is -2.04. The lowest BCUT2D eigenvalue weighted by Gasteiger charge is -2.20. The lowest BCUT2D eigenvalue weighted by molar-refractivity contribution is 0.127. The Balaban J connectivity index is 2.35. The molecule has 15 heavy (non-hydrogen) atoms. The van der Waals surface area contributed by atoms with Crippen LogP contribution >= 0.6 is 0 Å². The number of nitrogens with one attached hydrogen (secondary N) is 1. The Bertz CT molecular complexity index is 428. The maximum atomic E-state index is 10.8. The molecular weight excluding hydrogens is 196 g/mol. The van der Waals surface area contributed by atoms with E-state index in [2.05, 4.69) is 10.5 Å². The number of phenolic OH excluding ortho intramolecular Hbond substituents is 1. The summed E-state index contributed by atoms with van der Waals surface area (Å²) in [7, 11) is 0. The maximum absolute atomic E-state index is 10.8. The number of aromatic hydroxyl groups is 1. The number of carbonyl (C=O) groups is 1. The molecule has 1 aromatic rings. The zero-order valence-corrected chi connectivity index (χ0v) is 8.10. The second kappa shape index (κ2) is 3.61. The van der Waals surface area contributed by atoms with Crippen LogP contribution in [0.15, 0.2) is 29.4 Å². The van der Waals surface area contributed by atoms with Crippen molar-refractivity contribution in [3.8, 4) is 5.75 Å². The van der Waals surface area contributed by atoms with Gasteiger partial charge in [0.05, 0.1) is 0 Å². The van der Waals surface area contributed by atoms with Crippen molar-refractivity contribution >= 4 is 11.8 Å². The number of benzene rings is 1. The standard InChI is InChI=1S/C10H10N2O3/c1-6-9(11-12-10(14)15-6)7-3-2-4-8(13)5-7/h2-6,13H,1H3,(H,12,14). The third-order valence-electron chi connectivity index (χ3n) is 2.08. The fourth-order valence-electron chi connectivity index (χ4n) is 1.40. The average molecular weight is 206 g/mol. The highest BCUT2D eigenvalue weighted by Crippen LogP contribution is 2.15. The number of phenols is 1. The van der Waals surface area contributed by atoms with Crippen molar-refractivity contribution in [1.82, 2.24) is 5.43 Å². The molecule has 0 saturated carbocycles. The average Bonchev–Trinajstić information content (AvgIpc) is 2.17. The molecule has 1 aromatic carbocycles. The molecule has 0 aliphatic carbocycles. The lowest BCUT2D eigenvalue weighted by atomic mass is 10.1. The summed E-state index contributed by atoms with van der Waals surface area (Å²) in [6, 6.07) is 6.62. The predicted octanol–water partition coefficient (Wildman–Crippen LogP) is 1.22. The van der Waals surface area contributed by atoms with Crippen molar-refractivity contribution in [2.24, 2.45) is 5.10 Å². The summed E-state index contributed by atoms with van der Waals surface area (Å²) in [5.41, 5.74) is 3.54. The number of hydrogen-bond acceptors (Lipinski definition) is 4. The van der Waals surface area contributed by atoms with Gasteiger partial charge in [0, 0.05) is 5.56 Å². The first-order valence-electron chi connectivity index (χ1n) is 4.50. The summed E-state index contributed by atoms with van der Waals surface area (Å²) in [6.07, 6.45) is -0.980. The molecule has 1 aliphatic heterocycles. The van der Waals surface area contributed by atoms with Gasteiger partial charge in [-0.25, -0.2) is 10.2 Å². The van der Waals surface area contributed by atoms with E-state index in [0.717, 1.165) is 5.56 Å². The molecule has 1 atom stereocenters. The topological polar surface area (TPSA) is 70.9 Å². The van der Waals surface area contributed by atoms with Crippen LogP contribution < -0.4 is 5.43 Å². The Morgan fingerprint density at radius 3 is 3.00 bits per heavy atom. The molecule has 78 valence electrons. The van der Waals surface area contributed by atoms with E-state index in [-0.39, 0.29) is 5.75 Å². The summed E-state index contributed by atoms with van der Waals surface area (Å²) in [5, 5.41) is 13.2. The van der Waals surface area contributed by atoms with Gasteiger partial charge in [0.1, 0.15) is 17.6 Å². The fraction of sp³-hybridized carbons (Fsp3) is 0.200. The number of carbonyl (C=O) groups excluding carboxylic acids is 1. The third-order valence-corrected chi connectivity index (χ3v) is 2.08. The summed E-state index contributed by atoms with van der Waals surface area (Å²) in [6.45, 7) is 1.72. The predicted molar refractivity (Wildman–Crippen MR) is 53.7 cm³/mol. The molecule has 0 radical (unpaired) electrons. The monoisotopic (exact) mass is 206 g/mol. The van der Waals surface area contributed by atoms with Crippen molar-refractivity contribution in [2.45, 2.75) is 13.0 Å². The van der Waals surface area contributed by atoms with Crippen LogP contribution in [0.25, 0.3) is 0 Å². The van der Waals surface area contributed by atoms with Gasteiger partial charge in [0.15, 0.2) is 0 Å². The van der Waals surface area contributed by atoms with Gasteiger partial charge in [-0.3, -0.25) is 0 Å². The highest BCUT2D eigenvalue weighted by atomic mass is 16.6. The summed E-state index contributed by atoms with van der Waals surface area (Å²) < 4.78 is 4.93. The number of cyclic esters (lactones) is 1. The Labute approximate surface area is 86.4 Å². The van der Waals surface area contributed by atoms with Gasteiger partial charge in [-0.1, -0.05) is 12.1 Å². The minimum absolute atomic E-state index is 0.152. The van der Waals surface area contributed by atoms with Crippen LogP contribution in [0.3, 0.4) is 0 Å². The van der Waals surface area contributed by atoms with Gasteiger partial charge in [-0.15, -0.1) is 0 Å². The number of rotatable bonds is 1. The first-order valence-corrected chi connectivity index (χ1v) is 4.50. The Morgan fingerprint density at radius 1 is 1.53 bits per heavy atom. The second-order valence-electron chi connectivity index (χ2n) is 3.21. The Kier molecular flexibility index (Phi) is 2.29. The Morgan fingerprint density at radius 2 is 2.33 bits per heavy atom. The fourth-order valence-corrected chi connectivity index (χ4v) is 1.40. The normalized spacial score (nSPS) is 20.2. The van der Waals surface area contributed by atoms with Crippen molar-refractivity contribution in [3.63, 3.8) is 0 Å². The van der Waals surface area contributed by atoms with E-state index < -0.39 is 12.2 Å². The van der Waals surface area contributed by atoms with Gasteiger partial charge >= 0.3 is 6.09 Å². The molecule has 2 N–H and O–H groups in total. The van der Waals surface area contributed by atoms with E-state index in [1.165, 1.54) is 0 Å². The van der Waals surface area contributed by atoms with E-state index in [1.54, 1.807) is 31.2 Å². The molecule has 1 amide bonds. The largest absolute Gasteiger partial charge is 0.508 e. The highest BCUT2D eigenvalue weighted by molar-refractivity contribution is 6.05. The molecule has 1 unspecified atom stereocenters. The molecule has 0 fully saturated rings. The first-order chi connectivity index (χ1) is 7.16. The molecule has 0 bridgehead atoms. The zero-order chi connectivity index (χ0) is 10.8. The van der Waals surface area contributed by atoms with Crippen LogP contribution in [-0.4, -0.2) is 23.0 Å². The molecule has 0 saturated heterocycles. The van der Waals surface area contributed by atoms with Crippen LogP contribution in [-0.2, 0) is 4.74 Å². The van der Waals surface area contributed by atoms with Crippen LogP contribution in [0.4, 0.5) is 4.79 Å². The molecule has 0 aromatic heterocycles. The van der Waals surface area contributed by atoms with Crippen LogP contribution in [0.2, 0.25) is 0 Å². The SMILES string of the molecule is CC1OC(=O)NN=C1c1cccc(O)c1. The van der Waals surface area contributed by atoms with Gasteiger partial charge in [-0.05, 0) is 19.1 Å². The number of nitrogens with zero attached hydrogens (tertiary/aromatic N) is 1.